The normalized spacial score (nSPS) is 19.4. The molecule has 128 valence electrons. The second kappa shape index (κ2) is 6.75. The molecular weight excluding hydrogens is 324 g/mol. The Labute approximate surface area is 143 Å². The molecule has 0 bridgehead atoms. The molecule has 8 nitrogen and oxygen atoms in total. The van der Waals surface area contributed by atoms with Crippen molar-refractivity contribution >= 4 is 11.8 Å². The predicted molar refractivity (Wildman–Crippen MR) is 87.8 cm³/mol. The molecule has 1 aliphatic carbocycles. The lowest BCUT2D eigenvalue weighted by Gasteiger charge is -2.16. The van der Waals surface area contributed by atoms with Gasteiger partial charge in [0, 0.05) is 12.0 Å². The van der Waals surface area contributed by atoms with Crippen molar-refractivity contribution in [3.05, 3.63) is 35.4 Å². The van der Waals surface area contributed by atoms with Gasteiger partial charge in [-0.25, -0.2) is 9.78 Å². The maximum Gasteiger partial charge on any atom is 0.345 e. The van der Waals surface area contributed by atoms with Crippen LogP contribution in [0.3, 0.4) is 0 Å². The summed E-state index contributed by atoms with van der Waals surface area (Å²) in [7, 11) is 0. The molecule has 2 aromatic rings. The monoisotopic (exact) mass is 340 g/mol. The third-order valence-electron chi connectivity index (χ3n) is 4.00. The lowest BCUT2D eigenvalue weighted by atomic mass is 10.1. The predicted octanol–water partition coefficient (Wildman–Crippen LogP) is 1.59. The van der Waals surface area contributed by atoms with E-state index in [1.807, 2.05) is 6.07 Å². The molecule has 4 N–H and O–H groups in total. The van der Waals surface area contributed by atoms with Crippen LogP contribution in [-0.2, 0) is 0 Å². The lowest BCUT2D eigenvalue weighted by molar-refractivity contribution is 0.0688. The average Bonchev–Trinajstić information content (AvgIpc) is 2.99. The van der Waals surface area contributed by atoms with Gasteiger partial charge < -0.3 is 20.7 Å². The molecule has 1 saturated carbocycles. The van der Waals surface area contributed by atoms with Gasteiger partial charge in [-0.1, -0.05) is 12.1 Å². The number of ether oxygens (including phenoxy) is 1. The smallest absolute Gasteiger partial charge is 0.345 e. The minimum absolute atomic E-state index is 0.128. The van der Waals surface area contributed by atoms with Gasteiger partial charge in [-0.2, -0.15) is 10.2 Å². The van der Waals surface area contributed by atoms with Crippen LogP contribution in [0.2, 0.25) is 0 Å². The summed E-state index contributed by atoms with van der Waals surface area (Å²) in [5.74, 6) is -1.46. The Morgan fingerprint density at radius 2 is 2.16 bits per heavy atom. The SMILES string of the molecule is N#Cc1cccc(-c2nc(N)c(C(=O)O)c(O[C@H]3CC[C@@H](O)C3)n2)c1. The number of nitrogens with two attached hydrogens (primary N) is 1. The van der Waals surface area contributed by atoms with Crippen molar-refractivity contribution in [3.8, 4) is 23.3 Å². The molecule has 1 aromatic carbocycles. The first-order valence-corrected chi connectivity index (χ1v) is 7.74. The van der Waals surface area contributed by atoms with Crippen LogP contribution in [0.5, 0.6) is 5.88 Å². The highest BCUT2D eigenvalue weighted by Gasteiger charge is 2.28. The summed E-state index contributed by atoms with van der Waals surface area (Å²) < 4.78 is 5.70. The van der Waals surface area contributed by atoms with Crippen LogP contribution in [0.1, 0.15) is 35.2 Å². The van der Waals surface area contributed by atoms with E-state index in [0.717, 1.165) is 0 Å². The Kier molecular flexibility index (Phi) is 4.50. The van der Waals surface area contributed by atoms with E-state index in [1.54, 1.807) is 24.3 Å². The second-order valence-corrected chi connectivity index (χ2v) is 5.82. The highest BCUT2D eigenvalue weighted by atomic mass is 16.5. The number of aliphatic hydroxyl groups is 1. The van der Waals surface area contributed by atoms with Crippen LogP contribution in [-0.4, -0.2) is 38.4 Å². The van der Waals surface area contributed by atoms with Gasteiger partial charge in [0.05, 0.1) is 17.7 Å². The topological polar surface area (TPSA) is 142 Å². The first-order valence-electron chi connectivity index (χ1n) is 7.74. The third kappa shape index (κ3) is 3.51. The first-order chi connectivity index (χ1) is 12.0. The summed E-state index contributed by atoms with van der Waals surface area (Å²) in [4.78, 5) is 19.7. The van der Waals surface area contributed by atoms with Crippen molar-refractivity contribution in [1.82, 2.24) is 9.97 Å². The Balaban J connectivity index is 2.03. The molecule has 1 heterocycles. The lowest BCUT2D eigenvalue weighted by Crippen LogP contribution is -2.18. The summed E-state index contributed by atoms with van der Waals surface area (Å²) in [6.07, 6.45) is 0.793. The summed E-state index contributed by atoms with van der Waals surface area (Å²) in [6.45, 7) is 0. The van der Waals surface area contributed by atoms with Crippen LogP contribution in [0, 0.1) is 11.3 Å². The van der Waals surface area contributed by atoms with Crippen molar-refractivity contribution in [2.75, 3.05) is 5.73 Å². The molecule has 0 radical (unpaired) electrons. The first kappa shape index (κ1) is 16.7. The number of aromatic carboxylic acids is 1. The number of carbonyl (C=O) groups is 1. The summed E-state index contributed by atoms with van der Waals surface area (Å²) in [6, 6.07) is 8.60. The molecule has 3 rings (SSSR count). The molecular formula is C17H16N4O4. The van der Waals surface area contributed by atoms with Crippen molar-refractivity contribution in [3.63, 3.8) is 0 Å². The van der Waals surface area contributed by atoms with E-state index in [0.29, 0.717) is 30.4 Å². The molecule has 1 fully saturated rings. The number of nitrogen functional groups attached to an aromatic ring is 1. The van der Waals surface area contributed by atoms with E-state index in [2.05, 4.69) is 9.97 Å². The molecule has 2 atom stereocenters. The average molecular weight is 340 g/mol. The van der Waals surface area contributed by atoms with Gasteiger partial charge in [0.25, 0.3) is 0 Å². The van der Waals surface area contributed by atoms with E-state index in [1.165, 1.54) is 0 Å². The number of anilines is 1. The van der Waals surface area contributed by atoms with E-state index < -0.39 is 12.1 Å². The Bertz CT molecular complexity index is 862. The number of aliphatic hydroxyl groups excluding tert-OH is 1. The summed E-state index contributed by atoms with van der Waals surface area (Å²) in [5.41, 5.74) is 6.45. The quantitative estimate of drug-likeness (QED) is 0.761. The zero-order chi connectivity index (χ0) is 18.0. The fraction of sp³-hybridized carbons (Fsp3) is 0.294. The number of hydrogen-bond acceptors (Lipinski definition) is 7. The zero-order valence-corrected chi connectivity index (χ0v) is 13.2. The number of aromatic nitrogens is 2. The van der Waals surface area contributed by atoms with Gasteiger partial charge in [-0.3, -0.25) is 0 Å². The maximum absolute atomic E-state index is 11.5. The van der Waals surface area contributed by atoms with Gasteiger partial charge in [-0.05, 0) is 25.0 Å². The van der Waals surface area contributed by atoms with Crippen molar-refractivity contribution in [2.24, 2.45) is 0 Å². The number of nitrogens with zero attached hydrogens (tertiary/aromatic N) is 3. The number of carboxylic acid groups (broad SMARTS) is 1. The highest BCUT2D eigenvalue weighted by molar-refractivity contribution is 5.95. The van der Waals surface area contributed by atoms with Crippen LogP contribution in [0.15, 0.2) is 24.3 Å². The molecule has 0 spiro atoms. The number of rotatable bonds is 4. The fourth-order valence-electron chi connectivity index (χ4n) is 2.78. The number of nitriles is 1. The fourth-order valence-corrected chi connectivity index (χ4v) is 2.78. The van der Waals surface area contributed by atoms with Crippen LogP contribution < -0.4 is 10.5 Å². The molecule has 0 amide bonds. The Hall–Kier alpha value is -3.18. The Morgan fingerprint density at radius 3 is 2.80 bits per heavy atom. The number of benzene rings is 1. The number of carboxylic acids is 1. The molecule has 1 aromatic heterocycles. The summed E-state index contributed by atoms with van der Waals surface area (Å²) in [5, 5.41) is 28.0. The molecule has 0 aliphatic heterocycles. The Morgan fingerprint density at radius 1 is 1.36 bits per heavy atom. The number of hydrogen-bond donors (Lipinski definition) is 3. The molecule has 8 heteroatoms. The third-order valence-corrected chi connectivity index (χ3v) is 4.00. The molecule has 1 aliphatic rings. The van der Waals surface area contributed by atoms with Crippen molar-refractivity contribution in [2.45, 2.75) is 31.5 Å². The highest BCUT2D eigenvalue weighted by Crippen LogP contribution is 2.30. The molecule has 0 saturated heterocycles. The van der Waals surface area contributed by atoms with Crippen LogP contribution in [0.25, 0.3) is 11.4 Å². The minimum Gasteiger partial charge on any atom is -0.477 e. The van der Waals surface area contributed by atoms with Gasteiger partial charge >= 0.3 is 5.97 Å². The molecule has 0 unspecified atom stereocenters. The van der Waals surface area contributed by atoms with Crippen LogP contribution in [0.4, 0.5) is 5.82 Å². The van der Waals surface area contributed by atoms with Gasteiger partial charge in [-0.15, -0.1) is 0 Å². The largest absolute Gasteiger partial charge is 0.477 e. The van der Waals surface area contributed by atoms with Crippen molar-refractivity contribution < 1.29 is 19.7 Å². The second-order valence-electron chi connectivity index (χ2n) is 5.82. The van der Waals surface area contributed by atoms with Gasteiger partial charge in [0.15, 0.2) is 11.4 Å². The van der Waals surface area contributed by atoms with Gasteiger partial charge in [0.1, 0.15) is 11.9 Å². The van der Waals surface area contributed by atoms with Crippen molar-refractivity contribution in [1.29, 1.82) is 5.26 Å². The zero-order valence-electron chi connectivity index (χ0n) is 13.2. The van der Waals surface area contributed by atoms with E-state index in [-0.39, 0.29) is 29.2 Å². The van der Waals surface area contributed by atoms with E-state index >= 15 is 0 Å². The standard InChI is InChI=1S/C17H16N4O4/c18-8-9-2-1-3-10(6-9)15-20-14(19)13(17(23)24)16(21-15)25-12-5-4-11(22)7-12/h1-3,6,11-12,22H,4-5,7H2,(H,23,24)(H2,19,20,21)/t11-,12+/m1/s1. The van der Waals surface area contributed by atoms with Crippen LogP contribution >= 0.6 is 0 Å². The minimum atomic E-state index is -1.29. The van der Waals surface area contributed by atoms with Gasteiger partial charge in [0.2, 0.25) is 5.88 Å². The summed E-state index contributed by atoms with van der Waals surface area (Å²) >= 11 is 0. The van der Waals surface area contributed by atoms with E-state index in [4.69, 9.17) is 15.7 Å². The maximum atomic E-state index is 11.5. The molecule has 25 heavy (non-hydrogen) atoms. The van der Waals surface area contributed by atoms with E-state index in [9.17, 15) is 15.0 Å².